The summed E-state index contributed by atoms with van der Waals surface area (Å²) in [5.74, 6) is 1.70. The van der Waals surface area contributed by atoms with E-state index in [1.54, 1.807) is 6.20 Å². The zero-order valence-corrected chi connectivity index (χ0v) is 18.8. The van der Waals surface area contributed by atoms with Crippen molar-refractivity contribution < 1.29 is 0 Å². The van der Waals surface area contributed by atoms with Crippen LogP contribution in [-0.2, 0) is 0 Å². The quantitative estimate of drug-likeness (QED) is 0.322. The lowest BCUT2D eigenvalue weighted by molar-refractivity contribution is 0.394. The minimum Gasteiger partial charge on any atom is -0.323 e. The normalized spacial score (nSPS) is 12.5. The van der Waals surface area contributed by atoms with Gasteiger partial charge in [-0.15, -0.1) is 5.10 Å². The van der Waals surface area contributed by atoms with Gasteiger partial charge in [0, 0.05) is 24.9 Å². The van der Waals surface area contributed by atoms with E-state index in [0.29, 0.717) is 24.1 Å². The van der Waals surface area contributed by atoms with Crippen LogP contribution >= 0.6 is 0 Å². The molecule has 3 aromatic rings. The average Bonchev–Trinajstić information content (AvgIpc) is 2.76. The van der Waals surface area contributed by atoms with Crippen molar-refractivity contribution in [1.29, 1.82) is 5.41 Å². The molecule has 0 aromatic carbocycles. The number of hydrogen-bond acceptors (Lipinski definition) is 8. The van der Waals surface area contributed by atoms with Gasteiger partial charge in [0.1, 0.15) is 5.82 Å². The van der Waals surface area contributed by atoms with Gasteiger partial charge in [0.15, 0.2) is 5.82 Å². The number of anilines is 2. The second kappa shape index (κ2) is 10.9. The van der Waals surface area contributed by atoms with Gasteiger partial charge in [-0.3, -0.25) is 4.98 Å². The fourth-order valence-corrected chi connectivity index (χ4v) is 3.24. The van der Waals surface area contributed by atoms with Gasteiger partial charge in [0.05, 0.1) is 17.2 Å². The zero-order valence-electron chi connectivity index (χ0n) is 18.8. The highest BCUT2D eigenvalue weighted by Crippen LogP contribution is 2.22. The van der Waals surface area contributed by atoms with Gasteiger partial charge in [-0.1, -0.05) is 13.8 Å². The van der Waals surface area contributed by atoms with Crippen molar-refractivity contribution in [3.05, 3.63) is 47.8 Å². The number of nitrogens with one attached hydrogen (secondary N) is 3. The summed E-state index contributed by atoms with van der Waals surface area (Å²) in [6.45, 7) is 6.92. The van der Waals surface area contributed by atoms with Crippen LogP contribution in [-0.4, -0.2) is 65.0 Å². The van der Waals surface area contributed by atoms with Crippen molar-refractivity contribution in [2.24, 2.45) is 0 Å². The summed E-state index contributed by atoms with van der Waals surface area (Å²) in [6.07, 6.45) is 6.17. The second-order valence-electron chi connectivity index (χ2n) is 8.29. The Morgan fingerprint density at radius 1 is 1.06 bits per heavy atom. The van der Waals surface area contributed by atoms with Crippen LogP contribution in [0.15, 0.2) is 36.7 Å². The molecule has 1 atom stereocenters. The Morgan fingerprint density at radius 3 is 2.65 bits per heavy atom. The van der Waals surface area contributed by atoms with Gasteiger partial charge in [-0.2, -0.15) is 5.10 Å². The van der Waals surface area contributed by atoms with Gasteiger partial charge in [-0.05, 0) is 74.9 Å². The van der Waals surface area contributed by atoms with Crippen LogP contribution < -0.4 is 10.6 Å². The van der Waals surface area contributed by atoms with E-state index < -0.39 is 0 Å². The predicted molar refractivity (Wildman–Crippen MR) is 127 cm³/mol. The lowest BCUT2D eigenvalue weighted by Gasteiger charge is -2.15. The number of fused-ring (bicyclic) bond motifs is 1. The molecule has 3 rings (SSSR count). The fraction of sp³-hybridized carbons (Fsp3) is 0.435. The Hall–Kier alpha value is -2.97. The molecule has 8 heteroatoms. The Labute approximate surface area is 184 Å². The highest BCUT2D eigenvalue weighted by Gasteiger charge is 2.11. The average molecular weight is 421 g/mol. The molecule has 0 saturated heterocycles. The summed E-state index contributed by atoms with van der Waals surface area (Å²) in [7, 11) is 4.15. The third-order valence-corrected chi connectivity index (χ3v) is 5.11. The van der Waals surface area contributed by atoms with Gasteiger partial charge < -0.3 is 20.9 Å². The molecule has 0 aliphatic carbocycles. The van der Waals surface area contributed by atoms with Crippen LogP contribution in [0.4, 0.5) is 11.6 Å². The monoisotopic (exact) mass is 420 g/mol. The summed E-state index contributed by atoms with van der Waals surface area (Å²) in [5, 5.41) is 22.8. The molecule has 0 amide bonds. The molecule has 31 heavy (non-hydrogen) atoms. The topological polar surface area (TPSA) is 103 Å². The number of hydrogen-bond donors (Lipinski definition) is 3. The first-order chi connectivity index (χ1) is 15.0. The minimum atomic E-state index is -0.0386. The maximum absolute atomic E-state index is 7.85. The molecule has 0 spiro atoms. The van der Waals surface area contributed by atoms with Crippen LogP contribution in [0.2, 0.25) is 0 Å². The molecule has 3 heterocycles. The Bertz CT molecular complexity index is 1000. The third kappa shape index (κ3) is 6.50. The van der Waals surface area contributed by atoms with Crippen molar-refractivity contribution in [1.82, 2.24) is 30.4 Å². The van der Waals surface area contributed by atoms with E-state index >= 15 is 0 Å². The molecule has 0 aliphatic heterocycles. The fourth-order valence-electron chi connectivity index (χ4n) is 3.24. The van der Waals surface area contributed by atoms with Crippen LogP contribution in [0.3, 0.4) is 0 Å². The first-order valence-corrected chi connectivity index (χ1v) is 10.7. The van der Waals surface area contributed by atoms with Crippen molar-refractivity contribution in [3.63, 3.8) is 0 Å². The first kappa shape index (κ1) is 22.7. The molecule has 3 N–H and O–H groups in total. The number of rotatable bonds is 11. The number of aromatic nitrogens is 4. The summed E-state index contributed by atoms with van der Waals surface area (Å²) in [4.78, 5) is 11.4. The Kier molecular flexibility index (Phi) is 7.97. The van der Waals surface area contributed by atoms with Gasteiger partial charge in [0.25, 0.3) is 0 Å². The number of pyridine rings is 2. The molecule has 3 aromatic heterocycles. The van der Waals surface area contributed by atoms with Gasteiger partial charge in [0.2, 0.25) is 0 Å². The van der Waals surface area contributed by atoms with E-state index in [1.165, 1.54) is 6.21 Å². The van der Waals surface area contributed by atoms with Crippen molar-refractivity contribution in [2.75, 3.05) is 39.0 Å². The van der Waals surface area contributed by atoms with E-state index in [0.717, 1.165) is 41.7 Å². The zero-order chi connectivity index (χ0) is 22.2. The summed E-state index contributed by atoms with van der Waals surface area (Å²) in [5.41, 5.74) is 3.71. The molecule has 164 valence electrons. The smallest absolute Gasteiger partial charge is 0.154 e. The Morgan fingerprint density at radius 2 is 1.90 bits per heavy atom. The molecular formula is C23H32N8. The van der Waals surface area contributed by atoms with E-state index in [2.05, 4.69) is 58.7 Å². The molecule has 1 unspecified atom stereocenters. The van der Waals surface area contributed by atoms with E-state index in [4.69, 9.17) is 10.4 Å². The lowest BCUT2D eigenvalue weighted by atomic mass is 10.0. The van der Waals surface area contributed by atoms with E-state index in [1.807, 2.05) is 30.5 Å². The van der Waals surface area contributed by atoms with E-state index in [9.17, 15) is 0 Å². The van der Waals surface area contributed by atoms with Crippen LogP contribution in [0.1, 0.15) is 43.2 Å². The minimum absolute atomic E-state index is 0.0386. The Balaban J connectivity index is 1.72. The third-order valence-electron chi connectivity index (χ3n) is 5.11. The highest BCUT2D eigenvalue weighted by molar-refractivity contribution is 5.78. The maximum atomic E-state index is 7.85. The molecule has 8 nitrogen and oxygen atoms in total. The first-order valence-electron chi connectivity index (χ1n) is 10.7. The number of nitrogens with zero attached hydrogens (tertiary/aromatic N) is 5. The van der Waals surface area contributed by atoms with Crippen LogP contribution in [0, 0.1) is 5.41 Å². The van der Waals surface area contributed by atoms with Crippen LogP contribution in [0.5, 0.6) is 0 Å². The molecule has 0 saturated carbocycles. The van der Waals surface area contributed by atoms with Crippen molar-refractivity contribution in [2.45, 2.75) is 32.1 Å². The van der Waals surface area contributed by atoms with Crippen LogP contribution in [0.25, 0.3) is 11.0 Å². The van der Waals surface area contributed by atoms with Crippen molar-refractivity contribution in [3.8, 4) is 0 Å². The predicted octanol–water partition coefficient (Wildman–Crippen LogP) is 3.56. The largest absolute Gasteiger partial charge is 0.323 e. The molecule has 0 aliphatic rings. The summed E-state index contributed by atoms with van der Waals surface area (Å²) < 4.78 is 0. The second-order valence-corrected chi connectivity index (χ2v) is 8.29. The summed E-state index contributed by atoms with van der Waals surface area (Å²) >= 11 is 0. The van der Waals surface area contributed by atoms with E-state index in [-0.39, 0.29) is 5.92 Å². The SMILES string of the molecule is CC(C)c1cnnc(Nc2ccc3ncc(C(C=N)CNCCCN(C)C)cc3n2)c1. The lowest BCUT2D eigenvalue weighted by Crippen LogP contribution is -2.26. The highest BCUT2D eigenvalue weighted by atomic mass is 15.2. The molecule has 0 fully saturated rings. The molecule has 0 radical (unpaired) electrons. The van der Waals surface area contributed by atoms with Gasteiger partial charge in [-0.25, -0.2) is 4.98 Å². The standard InChI is InChI=1S/C23H32N8/c1-16(2)17-11-23(30-27-15-17)29-22-7-6-20-21(28-22)10-18(14-26-20)19(12-24)13-25-8-5-9-31(3)4/h6-7,10-12,14-16,19,24-25H,5,8-9,13H2,1-4H3,(H,28,29,30). The molecular weight excluding hydrogens is 388 g/mol. The maximum Gasteiger partial charge on any atom is 0.154 e. The van der Waals surface area contributed by atoms with Gasteiger partial charge >= 0.3 is 0 Å². The van der Waals surface area contributed by atoms with Crippen molar-refractivity contribution >= 4 is 28.9 Å². The molecule has 0 bridgehead atoms. The summed E-state index contributed by atoms with van der Waals surface area (Å²) in [6, 6.07) is 7.83.